The van der Waals surface area contributed by atoms with Crippen LogP contribution in [-0.2, 0) is 20.0 Å². The fraction of sp³-hybridized carbons (Fsp3) is 0.444. The number of nitrogens with one attached hydrogen (secondary N) is 2. The van der Waals surface area contributed by atoms with Crippen molar-refractivity contribution in [3.05, 3.63) is 53.9 Å². The summed E-state index contributed by atoms with van der Waals surface area (Å²) in [4.78, 5) is 12.0. The molecule has 23 heavy (non-hydrogen) atoms. The lowest BCUT2D eigenvalue weighted by Gasteiger charge is -2.42. The van der Waals surface area contributed by atoms with Gasteiger partial charge in [0, 0.05) is 31.9 Å². The quantitative estimate of drug-likeness (QED) is 0.861. The van der Waals surface area contributed by atoms with Gasteiger partial charge in [-0.2, -0.15) is 5.10 Å². The molecule has 0 unspecified atom stereocenters. The van der Waals surface area contributed by atoms with Gasteiger partial charge in [-0.05, 0) is 30.2 Å². The highest BCUT2D eigenvalue weighted by Crippen LogP contribution is 2.43. The van der Waals surface area contributed by atoms with Gasteiger partial charge >= 0.3 is 6.03 Å². The number of hydrogen-bond acceptors (Lipinski definition) is 2. The van der Waals surface area contributed by atoms with Gasteiger partial charge < -0.3 is 10.6 Å². The molecule has 1 aromatic heterocycles. The Morgan fingerprint density at radius 2 is 2.00 bits per heavy atom. The van der Waals surface area contributed by atoms with Crippen LogP contribution < -0.4 is 10.6 Å². The van der Waals surface area contributed by atoms with Crippen LogP contribution in [-0.4, -0.2) is 22.4 Å². The van der Waals surface area contributed by atoms with Crippen LogP contribution in [0.1, 0.15) is 30.4 Å². The van der Waals surface area contributed by atoms with Crippen molar-refractivity contribution >= 4 is 6.03 Å². The third-order valence-corrected chi connectivity index (χ3v) is 4.67. The molecule has 1 heterocycles. The van der Waals surface area contributed by atoms with Gasteiger partial charge in [0.2, 0.25) is 0 Å². The maximum atomic E-state index is 12.0. The summed E-state index contributed by atoms with van der Waals surface area (Å²) < 4.78 is 1.73. The average molecular weight is 312 g/mol. The van der Waals surface area contributed by atoms with Gasteiger partial charge in [0.1, 0.15) is 0 Å². The first-order valence-electron chi connectivity index (χ1n) is 8.18. The zero-order valence-corrected chi connectivity index (χ0v) is 13.6. The average Bonchev–Trinajstić information content (AvgIpc) is 2.94. The Bertz CT molecular complexity index is 646. The van der Waals surface area contributed by atoms with Gasteiger partial charge in [-0.25, -0.2) is 4.79 Å². The van der Waals surface area contributed by atoms with E-state index in [1.54, 1.807) is 10.9 Å². The molecule has 3 rings (SSSR count). The van der Waals surface area contributed by atoms with Crippen LogP contribution >= 0.6 is 0 Å². The fourth-order valence-electron chi connectivity index (χ4n) is 3.20. The highest BCUT2D eigenvalue weighted by molar-refractivity contribution is 5.73. The zero-order chi connectivity index (χ0) is 16.1. The monoisotopic (exact) mass is 312 g/mol. The molecular formula is C18H24N4O. The number of benzene rings is 1. The molecular weight excluding hydrogens is 288 g/mol. The second-order valence-electron chi connectivity index (χ2n) is 6.57. The van der Waals surface area contributed by atoms with Crippen molar-refractivity contribution in [3.63, 3.8) is 0 Å². The van der Waals surface area contributed by atoms with Crippen LogP contribution in [0.4, 0.5) is 4.79 Å². The third-order valence-electron chi connectivity index (χ3n) is 4.67. The maximum absolute atomic E-state index is 12.0. The van der Waals surface area contributed by atoms with Crippen LogP contribution in [0, 0.1) is 5.41 Å². The number of amides is 2. The smallest absolute Gasteiger partial charge is 0.315 e. The lowest BCUT2D eigenvalue weighted by atomic mass is 9.65. The molecule has 1 aliphatic carbocycles. The number of hydrogen-bond donors (Lipinski definition) is 2. The summed E-state index contributed by atoms with van der Waals surface area (Å²) in [5.41, 5.74) is 2.59. The van der Waals surface area contributed by atoms with E-state index >= 15 is 0 Å². The van der Waals surface area contributed by atoms with Gasteiger partial charge in [-0.15, -0.1) is 0 Å². The molecule has 0 aliphatic heterocycles. The zero-order valence-electron chi connectivity index (χ0n) is 13.6. The minimum absolute atomic E-state index is 0.104. The standard InChI is InChI=1S/C18H24N4O/c1-22-13-16(12-21-22)11-19-17(23)20-14-18(8-5-9-18)10-15-6-3-2-4-7-15/h2-4,6-7,12-13H,5,8-11,14H2,1H3,(H2,19,20,23). The van der Waals surface area contributed by atoms with Crippen molar-refractivity contribution in [2.75, 3.05) is 6.54 Å². The molecule has 0 atom stereocenters. The molecule has 0 saturated heterocycles. The fourth-order valence-corrected chi connectivity index (χ4v) is 3.20. The van der Waals surface area contributed by atoms with Crippen LogP contribution in [0.5, 0.6) is 0 Å². The highest BCUT2D eigenvalue weighted by atomic mass is 16.2. The SMILES string of the molecule is Cn1cc(CNC(=O)NCC2(Cc3ccccc3)CCC2)cn1. The van der Waals surface area contributed by atoms with E-state index in [1.807, 2.05) is 19.3 Å². The molecule has 5 nitrogen and oxygen atoms in total. The summed E-state index contributed by atoms with van der Waals surface area (Å²) >= 11 is 0. The minimum atomic E-state index is -0.104. The van der Waals surface area contributed by atoms with E-state index in [1.165, 1.54) is 24.8 Å². The highest BCUT2D eigenvalue weighted by Gasteiger charge is 2.37. The van der Waals surface area contributed by atoms with Gasteiger partial charge in [0.05, 0.1) is 6.20 Å². The Hall–Kier alpha value is -2.30. The summed E-state index contributed by atoms with van der Waals surface area (Å²) in [6, 6.07) is 10.4. The molecule has 2 N–H and O–H groups in total. The number of carbonyl (C=O) groups excluding carboxylic acids is 1. The summed E-state index contributed by atoms with van der Waals surface area (Å²) in [6.07, 6.45) is 8.34. The number of nitrogens with zero attached hydrogens (tertiary/aromatic N) is 2. The van der Waals surface area contributed by atoms with Crippen LogP contribution in [0.2, 0.25) is 0 Å². The molecule has 0 spiro atoms. The van der Waals surface area contributed by atoms with Crippen molar-refractivity contribution in [1.82, 2.24) is 20.4 Å². The van der Waals surface area contributed by atoms with Crippen LogP contribution in [0.3, 0.4) is 0 Å². The molecule has 1 aromatic carbocycles. The molecule has 1 saturated carbocycles. The molecule has 122 valence electrons. The van der Waals surface area contributed by atoms with E-state index in [0.717, 1.165) is 18.5 Å². The number of aryl methyl sites for hydroxylation is 1. The van der Waals surface area contributed by atoms with E-state index in [-0.39, 0.29) is 11.4 Å². The van der Waals surface area contributed by atoms with E-state index in [9.17, 15) is 4.79 Å². The topological polar surface area (TPSA) is 59.0 Å². The Morgan fingerprint density at radius 3 is 2.61 bits per heavy atom. The first-order valence-corrected chi connectivity index (χ1v) is 8.18. The van der Waals surface area contributed by atoms with E-state index < -0.39 is 0 Å². The van der Waals surface area contributed by atoms with E-state index in [4.69, 9.17) is 0 Å². The lowest BCUT2D eigenvalue weighted by molar-refractivity contribution is 0.131. The van der Waals surface area contributed by atoms with E-state index in [2.05, 4.69) is 40.0 Å². The number of urea groups is 1. The second kappa shape index (κ2) is 6.86. The van der Waals surface area contributed by atoms with Crippen molar-refractivity contribution in [2.24, 2.45) is 12.5 Å². The van der Waals surface area contributed by atoms with Gasteiger partial charge in [-0.1, -0.05) is 36.8 Å². The molecule has 5 heteroatoms. The molecule has 1 aliphatic rings. The predicted octanol–water partition coefficient (Wildman–Crippen LogP) is 2.63. The van der Waals surface area contributed by atoms with Crippen LogP contribution in [0.25, 0.3) is 0 Å². The number of carbonyl (C=O) groups is 1. The Balaban J connectivity index is 1.47. The summed E-state index contributed by atoms with van der Waals surface area (Å²) in [5, 5.41) is 10.0. The summed E-state index contributed by atoms with van der Waals surface area (Å²) in [7, 11) is 1.87. The summed E-state index contributed by atoms with van der Waals surface area (Å²) in [5.74, 6) is 0. The van der Waals surface area contributed by atoms with Crippen molar-refractivity contribution in [1.29, 1.82) is 0 Å². The molecule has 1 fully saturated rings. The number of aromatic nitrogens is 2. The molecule has 2 amide bonds. The van der Waals surface area contributed by atoms with Crippen molar-refractivity contribution in [3.8, 4) is 0 Å². The third kappa shape index (κ3) is 4.12. The lowest BCUT2D eigenvalue weighted by Crippen LogP contribution is -2.46. The number of rotatable bonds is 6. The first kappa shape index (κ1) is 15.6. The van der Waals surface area contributed by atoms with Gasteiger partial charge in [0.15, 0.2) is 0 Å². The normalized spacial score (nSPS) is 15.7. The Morgan fingerprint density at radius 1 is 1.22 bits per heavy atom. The Labute approximate surface area is 137 Å². The molecule has 2 aromatic rings. The molecule has 0 radical (unpaired) electrons. The Kier molecular flexibility index (Phi) is 4.65. The van der Waals surface area contributed by atoms with Crippen molar-refractivity contribution in [2.45, 2.75) is 32.2 Å². The van der Waals surface area contributed by atoms with Crippen LogP contribution in [0.15, 0.2) is 42.7 Å². The molecule has 0 bridgehead atoms. The van der Waals surface area contributed by atoms with Crippen molar-refractivity contribution < 1.29 is 4.79 Å². The second-order valence-corrected chi connectivity index (χ2v) is 6.57. The maximum Gasteiger partial charge on any atom is 0.315 e. The predicted molar refractivity (Wildman–Crippen MR) is 89.9 cm³/mol. The van der Waals surface area contributed by atoms with Gasteiger partial charge in [-0.3, -0.25) is 4.68 Å². The largest absolute Gasteiger partial charge is 0.338 e. The van der Waals surface area contributed by atoms with E-state index in [0.29, 0.717) is 6.54 Å². The van der Waals surface area contributed by atoms with Gasteiger partial charge in [0.25, 0.3) is 0 Å². The first-order chi connectivity index (χ1) is 11.2. The minimum Gasteiger partial charge on any atom is -0.338 e. The summed E-state index contributed by atoms with van der Waals surface area (Å²) in [6.45, 7) is 1.24.